The van der Waals surface area contributed by atoms with E-state index in [-0.39, 0.29) is 0 Å². The maximum absolute atomic E-state index is 2.54. The molecule has 0 N–H and O–H groups in total. The number of nitrogens with zero attached hydrogens (tertiary/aromatic N) is 1. The van der Waals surface area contributed by atoms with Crippen molar-refractivity contribution in [3.05, 3.63) is 35.4 Å². The van der Waals surface area contributed by atoms with E-state index in [1.165, 1.54) is 44.5 Å². The van der Waals surface area contributed by atoms with Gasteiger partial charge in [0.1, 0.15) is 0 Å². The molecule has 0 spiro atoms. The molecular weight excluding hydrogens is 206 g/mol. The monoisotopic (exact) mass is 231 g/mol. The van der Waals surface area contributed by atoms with Crippen molar-refractivity contribution in [1.29, 1.82) is 0 Å². The van der Waals surface area contributed by atoms with Gasteiger partial charge in [0.25, 0.3) is 0 Å². The van der Waals surface area contributed by atoms with Gasteiger partial charge in [-0.1, -0.05) is 43.7 Å². The zero-order chi connectivity index (χ0) is 12.3. The fourth-order valence-electron chi connectivity index (χ4n) is 2.65. The molecule has 0 atom stereocenters. The highest BCUT2D eigenvalue weighted by atomic mass is 15.1. The van der Waals surface area contributed by atoms with Crippen LogP contribution in [-0.4, -0.2) is 24.5 Å². The molecule has 1 aromatic carbocycles. The van der Waals surface area contributed by atoms with E-state index in [9.17, 15) is 0 Å². The fourth-order valence-corrected chi connectivity index (χ4v) is 2.65. The third-order valence-corrected chi connectivity index (χ3v) is 4.32. The predicted octanol–water partition coefficient (Wildman–Crippen LogP) is 3.76. The Morgan fingerprint density at radius 2 is 1.65 bits per heavy atom. The van der Waals surface area contributed by atoms with E-state index >= 15 is 0 Å². The number of benzene rings is 1. The number of hydrogen-bond acceptors (Lipinski definition) is 1. The van der Waals surface area contributed by atoms with Crippen LogP contribution in [0.2, 0.25) is 0 Å². The molecule has 1 aliphatic rings. The van der Waals surface area contributed by atoms with Crippen LogP contribution in [0.15, 0.2) is 24.3 Å². The molecule has 0 amide bonds. The maximum Gasteiger partial charge on any atom is -0.00105 e. The van der Waals surface area contributed by atoms with Gasteiger partial charge in [-0.05, 0) is 56.8 Å². The summed E-state index contributed by atoms with van der Waals surface area (Å²) in [6.45, 7) is 10.3. The summed E-state index contributed by atoms with van der Waals surface area (Å²) in [5.74, 6) is 0. The first-order valence-electron chi connectivity index (χ1n) is 6.99. The van der Waals surface area contributed by atoms with Crippen LogP contribution < -0.4 is 0 Å². The van der Waals surface area contributed by atoms with E-state index < -0.39 is 0 Å². The van der Waals surface area contributed by atoms with Crippen LogP contribution in [0, 0.1) is 6.92 Å². The van der Waals surface area contributed by atoms with Gasteiger partial charge in [-0.25, -0.2) is 0 Å². The average Bonchev–Trinajstić information content (AvgIpc) is 3.12. The van der Waals surface area contributed by atoms with Crippen LogP contribution in [0.3, 0.4) is 0 Å². The van der Waals surface area contributed by atoms with Gasteiger partial charge in [-0.15, -0.1) is 0 Å². The van der Waals surface area contributed by atoms with E-state index in [0.29, 0.717) is 5.41 Å². The topological polar surface area (TPSA) is 3.24 Å². The van der Waals surface area contributed by atoms with Gasteiger partial charge in [0.05, 0.1) is 0 Å². The van der Waals surface area contributed by atoms with Crippen molar-refractivity contribution in [2.24, 2.45) is 0 Å². The highest BCUT2D eigenvalue weighted by Crippen LogP contribution is 2.51. The van der Waals surface area contributed by atoms with Gasteiger partial charge in [0.15, 0.2) is 0 Å². The second-order valence-electron chi connectivity index (χ2n) is 5.42. The lowest BCUT2D eigenvalue weighted by Crippen LogP contribution is -2.27. The molecule has 1 saturated carbocycles. The minimum Gasteiger partial charge on any atom is -0.304 e. The first-order valence-corrected chi connectivity index (χ1v) is 6.99. The minimum absolute atomic E-state index is 0.524. The molecule has 17 heavy (non-hydrogen) atoms. The van der Waals surface area contributed by atoms with E-state index in [1.54, 1.807) is 5.56 Å². The second kappa shape index (κ2) is 5.22. The van der Waals surface area contributed by atoms with Gasteiger partial charge < -0.3 is 4.90 Å². The van der Waals surface area contributed by atoms with Crippen molar-refractivity contribution in [2.45, 2.75) is 45.4 Å². The highest BCUT2D eigenvalue weighted by molar-refractivity contribution is 5.33. The molecule has 0 unspecified atom stereocenters. The van der Waals surface area contributed by atoms with Crippen molar-refractivity contribution in [3.8, 4) is 0 Å². The maximum atomic E-state index is 2.54. The van der Waals surface area contributed by atoms with Crippen LogP contribution in [0.25, 0.3) is 0 Å². The molecule has 0 aromatic heterocycles. The number of hydrogen-bond donors (Lipinski definition) is 0. The van der Waals surface area contributed by atoms with Crippen LogP contribution in [0.1, 0.15) is 44.2 Å². The Morgan fingerprint density at radius 1 is 1.06 bits per heavy atom. The highest BCUT2D eigenvalue weighted by Gasteiger charge is 2.43. The lowest BCUT2D eigenvalue weighted by Gasteiger charge is -2.22. The molecule has 94 valence electrons. The van der Waals surface area contributed by atoms with Crippen molar-refractivity contribution in [3.63, 3.8) is 0 Å². The number of rotatable bonds is 6. The molecule has 0 aliphatic heterocycles. The molecule has 2 rings (SSSR count). The van der Waals surface area contributed by atoms with Gasteiger partial charge in [0, 0.05) is 0 Å². The average molecular weight is 231 g/mol. The zero-order valence-corrected chi connectivity index (χ0v) is 11.5. The largest absolute Gasteiger partial charge is 0.304 e. The summed E-state index contributed by atoms with van der Waals surface area (Å²) in [4.78, 5) is 2.54. The quantitative estimate of drug-likeness (QED) is 0.720. The normalized spacial score (nSPS) is 17.4. The van der Waals surface area contributed by atoms with Crippen LogP contribution >= 0.6 is 0 Å². The van der Waals surface area contributed by atoms with Gasteiger partial charge in [0.2, 0.25) is 0 Å². The zero-order valence-electron chi connectivity index (χ0n) is 11.5. The molecule has 0 heterocycles. The van der Waals surface area contributed by atoms with Gasteiger partial charge in [-0.2, -0.15) is 0 Å². The van der Waals surface area contributed by atoms with Crippen molar-refractivity contribution in [1.82, 2.24) is 4.90 Å². The van der Waals surface area contributed by atoms with Gasteiger partial charge >= 0.3 is 0 Å². The fraction of sp³-hybridized carbons (Fsp3) is 0.625. The smallest absolute Gasteiger partial charge is 0.00105 e. The molecule has 1 nitrogen and oxygen atoms in total. The summed E-state index contributed by atoms with van der Waals surface area (Å²) < 4.78 is 0. The number of aryl methyl sites for hydroxylation is 1. The third-order valence-electron chi connectivity index (χ3n) is 4.32. The summed E-state index contributed by atoms with van der Waals surface area (Å²) in [5, 5.41) is 0. The van der Waals surface area contributed by atoms with Crippen LogP contribution in [0.5, 0.6) is 0 Å². The molecule has 1 heteroatoms. The van der Waals surface area contributed by atoms with Crippen molar-refractivity contribution < 1.29 is 0 Å². The lowest BCUT2D eigenvalue weighted by molar-refractivity contribution is 0.286. The molecule has 1 aromatic rings. The Labute approximate surface area is 106 Å². The van der Waals surface area contributed by atoms with E-state index in [1.807, 2.05) is 0 Å². The predicted molar refractivity (Wildman–Crippen MR) is 74.5 cm³/mol. The summed E-state index contributed by atoms with van der Waals surface area (Å²) in [5.41, 5.74) is 3.46. The Kier molecular flexibility index (Phi) is 3.88. The first kappa shape index (κ1) is 12.6. The van der Waals surface area contributed by atoms with E-state index in [0.717, 1.165) is 0 Å². The minimum atomic E-state index is 0.524. The molecule has 0 radical (unpaired) electrons. The summed E-state index contributed by atoms with van der Waals surface area (Å²) in [6.07, 6.45) is 4.10. The Bertz CT molecular complexity index is 344. The summed E-state index contributed by atoms with van der Waals surface area (Å²) >= 11 is 0. The van der Waals surface area contributed by atoms with Crippen LogP contribution in [0.4, 0.5) is 0 Å². The SMILES string of the molecule is CCN(CC)CCC1(c2ccc(C)cc2)CC1. The molecule has 0 bridgehead atoms. The lowest BCUT2D eigenvalue weighted by atomic mass is 9.91. The molecular formula is C16H25N. The third kappa shape index (κ3) is 2.90. The molecule has 1 fully saturated rings. The Balaban J connectivity index is 1.97. The van der Waals surface area contributed by atoms with Crippen molar-refractivity contribution in [2.75, 3.05) is 19.6 Å². The summed E-state index contributed by atoms with van der Waals surface area (Å²) in [6, 6.07) is 9.19. The second-order valence-corrected chi connectivity index (χ2v) is 5.42. The van der Waals surface area contributed by atoms with E-state index in [2.05, 4.69) is 49.9 Å². The summed E-state index contributed by atoms with van der Waals surface area (Å²) in [7, 11) is 0. The standard InChI is InChI=1S/C16H25N/c1-4-17(5-2)13-12-16(10-11-16)15-8-6-14(3)7-9-15/h6-9H,4-5,10-13H2,1-3H3. The van der Waals surface area contributed by atoms with E-state index in [4.69, 9.17) is 0 Å². The molecule has 0 saturated heterocycles. The first-order chi connectivity index (χ1) is 8.20. The van der Waals surface area contributed by atoms with Crippen LogP contribution in [-0.2, 0) is 5.41 Å². The molecule has 1 aliphatic carbocycles. The Hall–Kier alpha value is -0.820. The van der Waals surface area contributed by atoms with Crippen molar-refractivity contribution >= 4 is 0 Å². The van der Waals surface area contributed by atoms with Gasteiger partial charge in [-0.3, -0.25) is 0 Å². The Morgan fingerprint density at radius 3 is 2.12 bits per heavy atom.